The van der Waals surface area contributed by atoms with E-state index in [1.807, 2.05) is 30.5 Å². The Morgan fingerprint density at radius 2 is 2.00 bits per heavy atom. The lowest BCUT2D eigenvalue weighted by Crippen LogP contribution is -1.92. The van der Waals surface area contributed by atoms with Crippen LogP contribution in [0.4, 0.5) is 5.82 Å². The number of fused-ring (bicyclic) bond motifs is 2. The maximum atomic E-state index is 6.28. The van der Waals surface area contributed by atoms with Crippen molar-refractivity contribution >= 4 is 50.3 Å². The van der Waals surface area contributed by atoms with Crippen LogP contribution in [-0.2, 0) is 0 Å². The molecule has 0 aliphatic rings. The van der Waals surface area contributed by atoms with E-state index in [1.165, 1.54) is 5.39 Å². The molecule has 0 amide bonds. The molecule has 5 rings (SSSR count). The molecule has 0 radical (unpaired) electrons. The van der Waals surface area contributed by atoms with E-state index in [1.54, 1.807) is 17.5 Å². The van der Waals surface area contributed by atoms with Crippen LogP contribution in [-0.4, -0.2) is 15.0 Å². The lowest BCUT2D eigenvalue weighted by Gasteiger charge is -2.05. The number of nitrogen functional groups attached to an aromatic ring is 1. The van der Waals surface area contributed by atoms with Gasteiger partial charge in [0.05, 0.1) is 5.69 Å². The molecule has 5 aromatic rings. The number of anilines is 1. The summed E-state index contributed by atoms with van der Waals surface area (Å²) >= 11 is 1.70. The van der Waals surface area contributed by atoms with E-state index >= 15 is 0 Å². The second-order valence-corrected chi connectivity index (χ2v) is 7.67. The number of aromatic nitrogens is 3. The number of nitrogens with zero attached hydrogens (tertiary/aromatic N) is 2. The number of aromatic amines is 1. The predicted molar refractivity (Wildman–Crippen MR) is 119 cm³/mol. The Balaban J connectivity index is 1.63. The number of nitrogens with two attached hydrogens (primary N) is 1. The van der Waals surface area contributed by atoms with Crippen molar-refractivity contribution in [2.24, 2.45) is 0 Å². The van der Waals surface area contributed by atoms with Crippen molar-refractivity contribution in [2.45, 2.75) is 6.92 Å². The standard InChI is InChI=1S/C23H18N4S/c1-14-10-17-11-15(6-8-20(17)27-14)19-13-28-22-16(12-26-23(24)21(19)22)5-7-18-4-2-3-9-25-18/h2-13,27H,1H3,(H2,24,26). The topological polar surface area (TPSA) is 67.6 Å². The fourth-order valence-corrected chi connectivity index (χ4v) is 4.59. The number of aryl methyl sites for hydroxylation is 1. The summed E-state index contributed by atoms with van der Waals surface area (Å²) in [6, 6.07) is 14.5. The molecule has 28 heavy (non-hydrogen) atoms. The average molecular weight is 382 g/mol. The molecule has 4 heterocycles. The molecule has 136 valence electrons. The van der Waals surface area contributed by atoms with Crippen molar-refractivity contribution in [3.05, 3.63) is 77.2 Å². The summed E-state index contributed by atoms with van der Waals surface area (Å²) in [5, 5.41) is 4.38. The van der Waals surface area contributed by atoms with Crippen molar-refractivity contribution in [1.29, 1.82) is 0 Å². The minimum atomic E-state index is 0.562. The lowest BCUT2D eigenvalue weighted by molar-refractivity contribution is 1.30. The van der Waals surface area contributed by atoms with Crippen LogP contribution in [0.2, 0.25) is 0 Å². The molecule has 0 spiro atoms. The summed E-state index contributed by atoms with van der Waals surface area (Å²) in [5.74, 6) is 0.562. The van der Waals surface area contributed by atoms with Crippen LogP contribution in [0.15, 0.2) is 60.2 Å². The minimum Gasteiger partial charge on any atom is -0.383 e. The van der Waals surface area contributed by atoms with Crippen molar-refractivity contribution in [3.8, 4) is 11.1 Å². The number of H-pyrrole nitrogens is 1. The summed E-state index contributed by atoms with van der Waals surface area (Å²) in [6.07, 6.45) is 7.67. The highest BCUT2D eigenvalue weighted by molar-refractivity contribution is 7.18. The Labute approximate surface area is 166 Å². The fraction of sp³-hybridized carbons (Fsp3) is 0.0435. The van der Waals surface area contributed by atoms with Crippen LogP contribution in [0.1, 0.15) is 17.0 Å². The Morgan fingerprint density at radius 1 is 1.07 bits per heavy atom. The summed E-state index contributed by atoms with van der Waals surface area (Å²) in [7, 11) is 0. The molecule has 4 nitrogen and oxygen atoms in total. The monoisotopic (exact) mass is 382 g/mol. The highest BCUT2D eigenvalue weighted by atomic mass is 32.1. The minimum absolute atomic E-state index is 0.562. The molecule has 0 saturated heterocycles. The first-order chi connectivity index (χ1) is 13.7. The van der Waals surface area contributed by atoms with Gasteiger partial charge in [-0.1, -0.05) is 12.1 Å². The van der Waals surface area contributed by atoms with Crippen molar-refractivity contribution in [2.75, 3.05) is 5.73 Å². The zero-order chi connectivity index (χ0) is 19.1. The number of hydrogen-bond acceptors (Lipinski definition) is 4. The number of benzene rings is 1. The SMILES string of the molecule is Cc1cc2cc(-c3csc4c(C=Cc5ccccn5)cnc(N)c34)ccc2[nH]1. The lowest BCUT2D eigenvalue weighted by atomic mass is 10.0. The van der Waals surface area contributed by atoms with Gasteiger partial charge in [0.2, 0.25) is 0 Å². The van der Waals surface area contributed by atoms with E-state index in [2.05, 4.69) is 57.6 Å². The predicted octanol–water partition coefficient (Wildman–Crippen LogP) is 5.90. The summed E-state index contributed by atoms with van der Waals surface area (Å²) < 4.78 is 1.14. The van der Waals surface area contributed by atoms with Gasteiger partial charge in [0.15, 0.2) is 0 Å². The Hall–Kier alpha value is -3.44. The van der Waals surface area contributed by atoms with Gasteiger partial charge in [-0.05, 0) is 60.4 Å². The van der Waals surface area contributed by atoms with E-state index in [9.17, 15) is 0 Å². The first-order valence-electron chi connectivity index (χ1n) is 9.03. The van der Waals surface area contributed by atoms with Crippen LogP contribution in [0.25, 0.3) is 44.3 Å². The third kappa shape index (κ3) is 2.86. The first-order valence-corrected chi connectivity index (χ1v) is 9.91. The molecule has 0 atom stereocenters. The maximum absolute atomic E-state index is 6.28. The molecule has 0 saturated carbocycles. The van der Waals surface area contributed by atoms with Gasteiger partial charge in [0.1, 0.15) is 5.82 Å². The summed E-state index contributed by atoms with van der Waals surface area (Å²) in [6.45, 7) is 2.07. The van der Waals surface area contributed by atoms with Gasteiger partial charge in [-0.2, -0.15) is 0 Å². The zero-order valence-electron chi connectivity index (χ0n) is 15.3. The largest absolute Gasteiger partial charge is 0.383 e. The molecule has 1 aromatic carbocycles. The van der Waals surface area contributed by atoms with Crippen molar-refractivity contribution in [1.82, 2.24) is 15.0 Å². The molecule has 4 aromatic heterocycles. The summed E-state index contributed by atoms with van der Waals surface area (Å²) in [5.41, 5.74) is 12.8. The van der Waals surface area contributed by atoms with Gasteiger partial charge in [0, 0.05) is 50.2 Å². The third-order valence-electron chi connectivity index (χ3n) is 4.84. The molecule has 5 heteroatoms. The molecule has 3 N–H and O–H groups in total. The smallest absolute Gasteiger partial charge is 0.132 e. The second-order valence-electron chi connectivity index (χ2n) is 6.79. The van der Waals surface area contributed by atoms with Crippen LogP contribution in [0.5, 0.6) is 0 Å². The van der Waals surface area contributed by atoms with Gasteiger partial charge in [0.25, 0.3) is 0 Å². The van der Waals surface area contributed by atoms with Gasteiger partial charge < -0.3 is 10.7 Å². The van der Waals surface area contributed by atoms with E-state index < -0.39 is 0 Å². The molecule has 0 aliphatic carbocycles. The van der Waals surface area contributed by atoms with Crippen molar-refractivity contribution < 1.29 is 0 Å². The van der Waals surface area contributed by atoms with Gasteiger partial charge in [-0.25, -0.2) is 4.98 Å². The number of thiophene rings is 1. The van der Waals surface area contributed by atoms with E-state index in [0.717, 1.165) is 43.7 Å². The van der Waals surface area contributed by atoms with Gasteiger partial charge in [-0.3, -0.25) is 4.98 Å². The highest BCUT2D eigenvalue weighted by Crippen LogP contribution is 2.39. The van der Waals surface area contributed by atoms with Crippen molar-refractivity contribution in [3.63, 3.8) is 0 Å². The average Bonchev–Trinajstić information content (AvgIpc) is 3.31. The molecule has 0 fully saturated rings. The normalized spacial score (nSPS) is 11.8. The Kier molecular flexibility index (Phi) is 3.95. The van der Waals surface area contributed by atoms with Crippen LogP contribution >= 0.6 is 11.3 Å². The van der Waals surface area contributed by atoms with E-state index in [4.69, 9.17) is 5.73 Å². The number of nitrogens with one attached hydrogen (secondary N) is 1. The fourth-order valence-electron chi connectivity index (χ4n) is 3.51. The number of hydrogen-bond donors (Lipinski definition) is 2. The van der Waals surface area contributed by atoms with E-state index in [0.29, 0.717) is 5.82 Å². The van der Waals surface area contributed by atoms with Crippen LogP contribution in [0, 0.1) is 6.92 Å². The molecule has 0 aliphatic heterocycles. The van der Waals surface area contributed by atoms with Crippen LogP contribution < -0.4 is 5.73 Å². The summed E-state index contributed by atoms with van der Waals surface area (Å²) in [4.78, 5) is 12.2. The maximum Gasteiger partial charge on any atom is 0.132 e. The third-order valence-corrected chi connectivity index (χ3v) is 5.87. The second kappa shape index (κ2) is 6.62. The molecule has 0 unspecified atom stereocenters. The number of pyridine rings is 2. The van der Waals surface area contributed by atoms with Crippen LogP contribution in [0.3, 0.4) is 0 Å². The van der Waals surface area contributed by atoms with E-state index in [-0.39, 0.29) is 0 Å². The van der Waals surface area contributed by atoms with Gasteiger partial charge in [-0.15, -0.1) is 11.3 Å². The molecular weight excluding hydrogens is 364 g/mol. The number of rotatable bonds is 3. The zero-order valence-corrected chi connectivity index (χ0v) is 16.1. The first kappa shape index (κ1) is 16.7. The Morgan fingerprint density at radius 3 is 2.86 bits per heavy atom. The molecule has 0 bridgehead atoms. The molecular formula is C23H18N4S. The quantitative estimate of drug-likeness (QED) is 0.408. The highest BCUT2D eigenvalue weighted by Gasteiger charge is 2.13. The Bertz CT molecular complexity index is 1330. The van der Waals surface area contributed by atoms with Gasteiger partial charge >= 0.3 is 0 Å².